The van der Waals surface area contributed by atoms with E-state index in [9.17, 15) is 9.90 Å². The summed E-state index contributed by atoms with van der Waals surface area (Å²) in [6.07, 6.45) is 1.74. The second-order valence-electron chi connectivity index (χ2n) is 5.36. The van der Waals surface area contributed by atoms with E-state index in [0.717, 1.165) is 16.9 Å². The fraction of sp³-hybridized carbons (Fsp3) is 0.250. The monoisotopic (exact) mass is 313 g/mol. The number of carbonyl (C=O) groups is 1. The van der Waals surface area contributed by atoms with Gasteiger partial charge in [0.1, 0.15) is 5.69 Å². The number of rotatable bonds is 2. The van der Waals surface area contributed by atoms with Crippen molar-refractivity contribution in [3.05, 3.63) is 59.9 Å². The molecule has 6 heteroatoms. The molecule has 22 heavy (non-hydrogen) atoms. The van der Waals surface area contributed by atoms with Crippen molar-refractivity contribution in [1.29, 1.82) is 0 Å². The number of aliphatic hydroxyl groups is 1. The van der Waals surface area contributed by atoms with Crippen molar-refractivity contribution < 1.29 is 9.90 Å². The van der Waals surface area contributed by atoms with Crippen LogP contribution in [0.25, 0.3) is 0 Å². The van der Waals surface area contributed by atoms with Crippen LogP contribution in [0.15, 0.2) is 48.7 Å². The van der Waals surface area contributed by atoms with E-state index in [1.165, 1.54) is 0 Å². The highest BCUT2D eigenvalue weighted by Gasteiger charge is 2.56. The molecule has 5 nitrogen and oxygen atoms in total. The van der Waals surface area contributed by atoms with Crippen LogP contribution < -0.4 is 5.32 Å². The smallest absolute Gasteiger partial charge is 0.323 e. The molecule has 2 atom stereocenters. The predicted molar refractivity (Wildman–Crippen MR) is 85.6 cm³/mol. The topological polar surface area (TPSA) is 65.5 Å². The van der Waals surface area contributed by atoms with Gasteiger partial charge in [-0.1, -0.05) is 30.3 Å². The van der Waals surface area contributed by atoms with Crippen LogP contribution in [0.5, 0.6) is 0 Å². The standard InChI is InChI=1S/C16H15N3O2S/c20-9-12-10-22-16(11-5-2-1-3-6-11)14-13(7-4-8-17-14)18-15(21)19(12)16/h1-8,12,20H,9-10H2,(H,18,21). The van der Waals surface area contributed by atoms with Crippen molar-refractivity contribution in [3.8, 4) is 0 Å². The van der Waals surface area contributed by atoms with E-state index in [1.54, 1.807) is 22.9 Å². The Morgan fingerprint density at radius 1 is 1.32 bits per heavy atom. The molecule has 4 rings (SSSR count). The van der Waals surface area contributed by atoms with Crippen LogP contribution in [0.1, 0.15) is 11.3 Å². The number of urea groups is 1. The summed E-state index contributed by atoms with van der Waals surface area (Å²) in [6, 6.07) is 13.2. The first-order valence-corrected chi connectivity index (χ1v) is 8.12. The van der Waals surface area contributed by atoms with Gasteiger partial charge in [0.15, 0.2) is 4.87 Å². The fourth-order valence-electron chi connectivity index (χ4n) is 3.22. The highest BCUT2D eigenvalue weighted by Crippen LogP contribution is 2.55. The van der Waals surface area contributed by atoms with E-state index < -0.39 is 4.87 Å². The van der Waals surface area contributed by atoms with E-state index in [-0.39, 0.29) is 18.7 Å². The van der Waals surface area contributed by atoms with Gasteiger partial charge in [-0.15, -0.1) is 11.8 Å². The Morgan fingerprint density at radius 2 is 2.14 bits per heavy atom. The van der Waals surface area contributed by atoms with Crippen LogP contribution in [0.2, 0.25) is 0 Å². The van der Waals surface area contributed by atoms with E-state index >= 15 is 0 Å². The van der Waals surface area contributed by atoms with Crippen LogP contribution >= 0.6 is 11.8 Å². The number of pyridine rings is 1. The normalized spacial score (nSPS) is 26.3. The second kappa shape index (κ2) is 5.00. The zero-order valence-corrected chi connectivity index (χ0v) is 12.6. The SMILES string of the molecule is O=C1Nc2cccnc2C2(c3ccccc3)SCC(CO)N12. The van der Waals surface area contributed by atoms with Gasteiger partial charge in [0.25, 0.3) is 0 Å². The molecule has 0 saturated carbocycles. The average molecular weight is 313 g/mol. The summed E-state index contributed by atoms with van der Waals surface area (Å²) < 4.78 is 0. The molecule has 0 bridgehead atoms. The van der Waals surface area contributed by atoms with E-state index in [1.807, 2.05) is 42.5 Å². The van der Waals surface area contributed by atoms with Gasteiger partial charge in [0.2, 0.25) is 0 Å². The summed E-state index contributed by atoms with van der Waals surface area (Å²) in [5, 5.41) is 12.6. The summed E-state index contributed by atoms with van der Waals surface area (Å²) in [5.74, 6) is 0.675. The van der Waals surface area contributed by atoms with Gasteiger partial charge in [-0.3, -0.25) is 9.88 Å². The molecule has 2 unspecified atom stereocenters. The first-order valence-electron chi connectivity index (χ1n) is 7.13. The third-order valence-electron chi connectivity index (χ3n) is 4.15. The summed E-state index contributed by atoms with van der Waals surface area (Å²) >= 11 is 1.65. The minimum Gasteiger partial charge on any atom is -0.394 e. The van der Waals surface area contributed by atoms with Gasteiger partial charge in [0.05, 0.1) is 18.3 Å². The van der Waals surface area contributed by atoms with Crippen LogP contribution in [0.4, 0.5) is 10.5 Å². The number of fused-ring (bicyclic) bond motifs is 3. The number of amides is 2. The molecule has 0 spiro atoms. The zero-order valence-electron chi connectivity index (χ0n) is 11.8. The van der Waals surface area contributed by atoms with Gasteiger partial charge in [0, 0.05) is 11.9 Å². The zero-order chi connectivity index (χ0) is 15.2. The summed E-state index contributed by atoms with van der Waals surface area (Å²) in [5.41, 5.74) is 2.56. The van der Waals surface area contributed by atoms with Crippen LogP contribution in [-0.2, 0) is 4.87 Å². The number of thioether (sulfide) groups is 1. The Kier molecular flexibility index (Phi) is 3.09. The number of nitrogens with one attached hydrogen (secondary N) is 1. The third-order valence-corrected chi connectivity index (χ3v) is 5.75. The summed E-state index contributed by atoms with van der Waals surface area (Å²) in [4.78, 5) is 18.3. The van der Waals surface area contributed by atoms with Crippen molar-refractivity contribution in [2.24, 2.45) is 0 Å². The summed E-state index contributed by atoms with van der Waals surface area (Å²) in [7, 11) is 0. The predicted octanol–water partition coefficient (Wildman–Crippen LogP) is 2.24. The number of nitrogens with zero attached hydrogens (tertiary/aromatic N) is 2. The molecule has 2 aliphatic heterocycles. The van der Waals surface area contributed by atoms with Crippen molar-refractivity contribution in [2.45, 2.75) is 10.9 Å². The molecule has 112 valence electrons. The largest absolute Gasteiger partial charge is 0.394 e. The molecule has 1 saturated heterocycles. The Labute approximate surface area is 132 Å². The lowest BCUT2D eigenvalue weighted by Crippen LogP contribution is -2.55. The van der Waals surface area contributed by atoms with E-state index in [4.69, 9.17) is 0 Å². The fourth-order valence-corrected chi connectivity index (χ4v) is 4.88. The first-order chi connectivity index (χ1) is 10.8. The Balaban J connectivity index is 2.00. The Hall–Kier alpha value is -2.05. The molecule has 1 aromatic heterocycles. The van der Waals surface area contributed by atoms with Gasteiger partial charge in [-0.25, -0.2) is 4.79 Å². The van der Waals surface area contributed by atoms with Crippen LogP contribution in [-0.4, -0.2) is 39.4 Å². The molecule has 2 N–H and O–H groups in total. The molecular formula is C16H15N3O2S. The third kappa shape index (κ3) is 1.71. The molecular weight excluding hydrogens is 298 g/mol. The highest BCUT2D eigenvalue weighted by molar-refractivity contribution is 8.00. The summed E-state index contributed by atoms with van der Waals surface area (Å²) in [6.45, 7) is -0.0584. The van der Waals surface area contributed by atoms with Gasteiger partial charge in [-0.2, -0.15) is 0 Å². The number of hydrogen-bond acceptors (Lipinski definition) is 4. The maximum absolute atomic E-state index is 12.6. The number of aromatic nitrogens is 1. The molecule has 1 fully saturated rings. The molecule has 0 radical (unpaired) electrons. The molecule has 1 aromatic carbocycles. The highest BCUT2D eigenvalue weighted by atomic mass is 32.2. The van der Waals surface area contributed by atoms with Gasteiger partial charge < -0.3 is 10.4 Å². The van der Waals surface area contributed by atoms with Crippen LogP contribution in [0.3, 0.4) is 0 Å². The maximum Gasteiger partial charge on any atom is 0.323 e. The average Bonchev–Trinajstić information content (AvgIpc) is 2.97. The number of aliphatic hydroxyl groups excluding tert-OH is 1. The minimum absolute atomic E-state index is 0.0584. The molecule has 3 heterocycles. The lowest BCUT2D eigenvalue weighted by molar-refractivity contribution is 0.129. The Bertz CT molecular complexity index is 724. The van der Waals surface area contributed by atoms with E-state index in [2.05, 4.69) is 10.3 Å². The molecule has 0 aliphatic carbocycles. The van der Waals surface area contributed by atoms with Crippen LogP contribution in [0, 0.1) is 0 Å². The second-order valence-corrected chi connectivity index (χ2v) is 6.57. The minimum atomic E-state index is -0.673. The number of carbonyl (C=O) groups excluding carboxylic acids is 1. The lowest BCUT2D eigenvalue weighted by Gasteiger charge is -2.43. The molecule has 2 aromatic rings. The first kappa shape index (κ1) is 13.6. The van der Waals surface area contributed by atoms with E-state index in [0.29, 0.717) is 5.75 Å². The number of hydrogen-bond donors (Lipinski definition) is 2. The van der Waals surface area contributed by atoms with Crippen molar-refractivity contribution in [1.82, 2.24) is 9.88 Å². The maximum atomic E-state index is 12.6. The van der Waals surface area contributed by atoms with Crippen molar-refractivity contribution in [2.75, 3.05) is 17.7 Å². The van der Waals surface area contributed by atoms with Crippen molar-refractivity contribution in [3.63, 3.8) is 0 Å². The molecule has 2 amide bonds. The number of benzene rings is 1. The van der Waals surface area contributed by atoms with Gasteiger partial charge in [-0.05, 0) is 17.7 Å². The Morgan fingerprint density at radius 3 is 2.91 bits per heavy atom. The van der Waals surface area contributed by atoms with Gasteiger partial charge >= 0.3 is 6.03 Å². The number of anilines is 1. The molecule has 2 aliphatic rings. The van der Waals surface area contributed by atoms with Crippen molar-refractivity contribution >= 4 is 23.5 Å². The lowest BCUT2D eigenvalue weighted by atomic mass is 9.96. The quantitative estimate of drug-likeness (QED) is 0.892.